The van der Waals surface area contributed by atoms with Gasteiger partial charge < -0.3 is 33.5 Å². The molecule has 2 aliphatic heterocycles. The minimum atomic E-state index is -0.989. The van der Waals surface area contributed by atoms with E-state index < -0.39 is 23.3 Å². The van der Waals surface area contributed by atoms with Gasteiger partial charge in [-0.25, -0.2) is 0 Å². The Labute approximate surface area is 262 Å². The molecule has 0 amide bonds. The molecule has 232 valence electrons. The second-order valence-electron chi connectivity index (χ2n) is 11.7. The number of hydrogen-bond donors (Lipinski definition) is 1. The van der Waals surface area contributed by atoms with Crippen molar-refractivity contribution in [3.05, 3.63) is 125 Å². The molecule has 0 aromatic heterocycles. The second-order valence-corrected chi connectivity index (χ2v) is 11.7. The van der Waals surface area contributed by atoms with Crippen molar-refractivity contribution in [2.45, 2.75) is 43.2 Å². The summed E-state index contributed by atoms with van der Waals surface area (Å²) in [5.74, 6) is -1.35. The van der Waals surface area contributed by atoms with E-state index in [1.807, 2.05) is 60.7 Å². The van der Waals surface area contributed by atoms with Crippen molar-refractivity contribution >= 4 is 5.97 Å². The Balaban J connectivity index is 1.37. The summed E-state index contributed by atoms with van der Waals surface area (Å²) >= 11 is 0. The lowest BCUT2D eigenvalue weighted by Gasteiger charge is -2.40. The zero-order valence-electron chi connectivity index (χ0n) is 25.1. The maximum atomic E-state index is 12.8. The number of methoxy groups -OCH3 is 1. The fourth-order valence-corrected chi connectivity index (χ4v) is 7.26. The number of hydrogen-bond acceptors (Lipinski definition) is 7. The third-order valence-corrected chi connectivity index (χ3v) is 9.32. The van der Waals surface area contributed by atoms with Crippen molar-refractivity contribution in [1.29, 1.82) is 0 Å². The van der Waals surface area contributed by atoms with Crippen LogP contribution in [0, 0.1) is 5.92 Å². The van der Waals surface area contributed by atoms with E-state index in [2.05, 4.69) is 36.4 Å². The highest BCUT2D eigenvalue weighted by molar-refractivity contribution is 5.73. The summed E-state index contributed by atoms with van der Waals surface area (Å²) < 4.78 is 36.9. The minimum absolute atomic E-state index is 0.0508. The van der Waals surface area contributed by atoms with E-state index in [0.29, 0.717) is 43.3 Å². The van der Waals surface area contributed by atoms with Gasteiger partial charge in [0, 0.05) is 18.4 Å². The van der Waals surface area contributed by atoms with Crippen LogP contribution in [0.4, 0.5) is 0 Å². The smallest absolute Gasteiger partial charge is 0.307 e. The lowest BCUT2D eigenvalue weighted by Crippen LogP contribution is -2.42. The molecule has 0 bridgehead atoms. The van der Waals surface area contributed by atoms with E-state index in [1.165, 1.54) is 0 Å². The van der Waals surface area contributed by atoms with Crippen LogP contribution in [0.1, 0.15) is 53.0 Å². The number of benzene rings is 4. The third-order valence-electron chi connectivity index (χ3n) is 9.32. The Morgan fingerprint density at radius 3 is 2.00 bits per heavy atom. The van der Waals surface area contributed by atoms with Crippen LogP contribution in [0.25, 0.3) is 0 Å². The maximum absolute atomic E-state index is 12.8. The zero-order chi connectivity index (χ0) is 30.9. The van der Waals surface area contributed by atoms with Crippen molar-refractivity contribution in [1.82, 2.24) is 0 Å². The minimum Gasteiger partial charge on any atom is -0.492 e. The fourth-order valence-electron chi connectivity index (χ4n) is 7.26. The molecule has 2 heterocycles. The first-order valence-electron chi connectivity index (χ1n) is 15.4. The fraction of sp³-hybridized carbons (Fsp3) is 0.324. The Bertz CT molecular complexity index is 1540. The number of rotatable bonds is 9. The highest BCUT2D eigenvalue weighted by Gasteiger charge is 2.49. The molecule has 8 nitrogen and oxygen atoms in total. The molecule has 0 radical (unpaired) electrons. The van der Waals surface area contributed by atoms with Gasteiger partial charge in [-0.1, -0.05) is 91.0 Å². The quantitative estimate of drug-likeness (QED) is 0.211. The van der Waals surface area contributed by atoms with Crippen LogP contribution < -0.4 is 14.2 Å². The van der Waals surface area contributed by atoms with Crippen molar-refractivity contribution in [3.8, 4) is 17.2 Å². The summed E-state index contributed by atoms with van der Waals surface area (Å²) in [5, 5.41) is 10.5. The normalized spacial score (nSPS) is 20.3. The molecule has 7 rings (SSSR count). The van der Waals surface area contributed by atoms with Crippen molar-refractivity contribution in [3.63, 3.8) is 0 Å². The van der Waals surface area contributed by atoms with Gasteiger partial charge in [0.05, 0.1) is 32.8 Å². The predicted octanol–water partition coefficient (Wildman–Crippen LogP) is 6.64. The van der Waals surface area contributed by atoms with Gasteiger partial charge in [-0.15, -0.1) is 0 Å². The van der Waals surface area contributed by atoms with Gasteiger partial charge in [0.1, 0.15) is 5.60 Å². The third kappa shape index (κ3) is 5.23. The molecule has 8 heteroatoms. The molecule has 45 heavy (non-hydrogen) atoms. The largest absolute Gasteiger partial charge is 0.492 e. The summed E-state index contributed by atoms with van der Waals surface area (Å²) in [7, 11) is 1.59. The molecule has 1 saturated carbocycles. The van der Waals surface area contributed by atoms with E-state index in [0.717, 1.165) is 27.8 Å². The lowest BCUT2D eigenvalue weighted by molar-refractivity contribution is -0.196. The molecule has 1 saturated heterocycles. The molecule has 1 N–H and O–H groups in total. The summed E-state index contributed by atoms with van der Waals surface area (Å²) in [6, 6.07) is 32.3. The Kier molecular flexibility index (Phi) is 7.95. The number of carboxylic acid groups (broad SMARTS) is 1. The second kappa shape index (κ2) is 12.2. The summed E-state index contributed by atoms with van der Waals surface area (Å²) in [5.41, 5.74) is 3.43. The monoisotopic (exact) mass is 608 g/mol. The molecule has 3 aliphatic rings. The molecular weight excluding hydrogens is 572 g/mol. The number of carbonyl (C=O) groups is 1. The first-order chi connectivity index (χ1) is 22.0. The molecule has 4 aromatic carbocycles. The molecule has 2 atom stereocenters. The number of ether oxygens (including phenoxy) is 6. The average molecular weight is 609 g/mol. The van der Waals surface area contributed by atoms with Crippen LogP contribution in [0.5, 0.6) is 17.2 Å². The van der Waals surface area contributed by atoms with Crippen molar-refractivity contribution < 1.29 is 38.3 Å². The highest BCUT2D eigenvalue weighted by Crippen LogP contribution is 2.53. The van der Waals surface area contributed by atoms with Crippen molar-refractivity contribution in [2.24, 2.45) is 5.92 Å². The van der Waals surface area contributed by atoms with Gasteiger partial charge in [0.15, 0.2) is 17.3 Å². The van der Waals surface area contributed by atoms with Gasteiger partial charge in [-0.05, 0) is 40.7 Å². The van der Waals surface area contributed by atoms with Crippen LogP contribution in [0.2, 0.25) is 0 Å². The van der Waals surface area contributed by atoms with Crippen LogP contribution >= 0.6 is 0 Å². The summed E-state index contributed by atoms with van der Waals surface area (Å²) in [4.78, 5) is 12.8. The van der Waals surface area contributed by atoms with E-state index in [9.17, 15) is 9.90 Å². The average Bonchev–Trinajstić information content (AvgIpc) is 3.76. The van der Waals surface area contributed by atoms with Gasteiger partial charge in [0.25, 0.3) is 0 Å². The summed E-state index contributed by atoms with van der Waals surface area (Å²) in [6.07, 6.45) is 1.39. The molecular formula is C37H36O8. The molecule has 2 fully saturated rings. The van der Waals surface area contributed by atoms with Crippen LogP contribution in [0.3, 0.4) is 0 Å². The number of carboxylic acids is 1. The van der Waals surface area contributed by atoms with Gasteiger partial charge >= 0.3 is 5.97 Å². The van der Waals surface area contributed by atoms with E-state index >= 15 is 0 Å². The molecule has 1 spiro atoms. The first kappa shape index (κ1) is 29.3. The van der Waals surface area contributed by atoms with E-state index in [-0.39, 0.29) is 25.7 Å². The Morgan fingerprint density at radius 1 is 0.889 bits per heavy atom. The number of aliphatic carboxylic acids is 1. The van der Waals surface area contributed by atoms with Gasteiger partial charge in [-0.3, -0.25) is 4.79 Å². The Hall–Kier alpha value is -4.37. The number of fused-ring (bicyclic) bond motifs is 1. The molecule has 0 unspecified atom stereocenters. The topological polar surface area (TPSA) is 92.7 Å². The molecule has 4 aromatic rings. The standard InChI is InChI=1S/C37H36O8/c1-40-33-31(23-45-37(25-11-5-2-6-12-25,26-13-7-3-8-14-26)27-15-9-4-10-16-27)29(21-32-34(33)42-24-41-32)28-17-18-36(43-19-20-44-36)22-30(28)35(38)39/h2-16,21,28,30H,17-20,22-24H2,1H3,(H,38,39)/t28-,30+/m1/s1. The van der Waals surface area contributed by atoms with E-state index in [1.54, 1.807) is 7.11 Å². The van der Waals surface area contributed by atoms with Crippen molar-refractivity contribution in [2.75, 3.05) is 27.1 Å². The maximum Gasteiger partial charge on any atom is 0.307 e. The summed E-state index contributed by atoms with van der Waals surface area (Å²) in [6.45, 7) is 1.09. The van der Waals surface area contributed by atoms with Gasteiger partial charge in [-0.2, -0.15) is 0 Å². The Morgan fingerprint density at radius 2 is 1.47 bits per heavy atom. The highest BCUT2D eigenvalue weighted by atomic mass is 16.7. The van der Waals surface area contributed by atoms with Crippen LogP contribution in [-0.2, 0) is 31.2 Å². The SMILES string of the molecule is COc1c(COC(c2ccccc2)(c2ccccc2)c2ccccc2)c([C@H]2CCC3(C[C@@H]2C(=O)O)OCCO3)cc2c1OCO2. The van der Waals surface area contributed by atoms with Crippen LogP contribution in [-0.4, -0.2) is 44.0 Å². The molecule has 1 aliphatic carbocycles. The van der Waals surface area contributed by atoms with Gasteiger partial charge in [0.2, 0.25) is 12.5 Å². The first-order valence-corrected chi connectivity index (χ1v) is 15.4. The van der Waals surface area contributed by atoms with Crippen LogP contribution in [0.15, 0.2) is 97.1 Å². The lowest BCUT2D eigenvalue weighted by atomic mass is 9.71. The predicted molar refractivity (Wildman–Crippen MR) is 165 cm³/mol. The zero-order valence-corrected chi connectivity index (χ0v) is 25.1. The van der Waals surface area contributed by atoms with E-state index in [4.69, 9.17) is 28.4 Å².